The first kappa shape index (κ1) is 47.3. The number of esters is 1. The van der Waals surface area contributed by atoms with Gasteiger partial charge in [-0.25, -0.2) is 0 Å². The van der Waals surface area contributed by atoms with Crippen molar-refractivity contribution in [2.45, 2.75) is 63.2 Å². The quantitative estimate of drug-likeness (QED) is 0.0534. The van der Waals surface area contributed by atoms with E-state index in [1.807, 2.05) is 0 Å². The van der Waals surface area contributed by atoms with E-state index in [0.717, 1.165) is 12.8 Å². The third kappa shape index (κ3) is 32.6. The molecule has 0 aliphatic rings. The van der Waals surface area contributed by atoms with E-state index in [4.69, 9.17) is 51.6 Å². The second kappa shape index (κ2) is 36.6. The molecular formula is C36H64O14S. The van der Waals surface area contributed by atoms with Crippen molar-refractivity contribution in [3.8, 4) is 0 Å². The van der Waals surface area contributed by atoms with Crippen molar-refractivity contribution in [3.05, 3.63) is 30.3 Å². The van der Waals surface area contributed by atoms with Crippen LogP contribution in [0.3, 0.4) is 0 Å². The van der Waals surface area contributed by atoms with E-state index in [2.05, 4.69) is 6.92 Å². The zero-order valence-electron chi connectivity index (χ0n) is 30.8. The zero-order chi connectivity index (χ0) is 36.8. The second-order valence-electron chi connectivity index (χ2n) is 11.2. The Labute approximate surface area is 306 Å². The molecule has 0 saturated carbocycles. The zero-order valence-corrected chi connectivity index (χ0v) is 31.6. The first-order chi connectivity index (χ1) is 25.1. The molecule has 1 aromatic rings. The van der Waals surface area contributed by atoms with Gasteiger partial charge in [0, 0.05) is 6.42 Å². The highest BCUT2D eigenvalue weighted by atomic mass is 32.2. The number of carbonyl (C=O) groups excluding carboxylic acids is 1. The van der Waals surface area contributed by atoms with Gasteiger partial charge in [0.1, 0.15) is 6.61 Å². The Balaban J connectivity index is 1.67. The molecule has 14 nitrogen and oxygen atoms in total. The summed E-state index contributed by atoms with van der Waals surface area (Å²) >= 11 is 0. The van der Waals surface area contributed by atoms with Crippen LogP contribution in [0.15, 0.2) is 35.2 Å². The summed E-state index contributed by atoms with van der Waals surface area (Å²) in [5.41, 5.74) is 0. The molecule has 0 amide bonds. The largest absolute Gasteiger partial charge is 0.463 e. The summed E-state index contributed by atoms with van der Waals surface area (Å²) < 4.78 is 83.0. The summed E-state index contributed by atoms with van der Waals surface area (Å²) in [5.74, 6) is -0.148. The molecule has 51 heavy (non-hydrogen) atoms. The molecule has 1 rings (SSSR count). The van der Waals surface area contributed by atoms with Crippen molar-refractivity contribution in [2.24, 2.45) is 0 Å². The fourth-order valence-corrected chi connectivity index (χ4v) is 5.15. The van der Waals surface area contributed by atoms with Crippen LogP contribution in [-0.4, -0.2) is 147 Å². The molecule has 0 heterocycles. The number of unbranched alkanes of at least 4 members (excludes halogenated alkanes) is 6. The molecule has 0 unspecified atom stereocenters. The van der Waals surface area contributed by atoms with E-state index in [-0.39, 0.29) is 30.7 Å². The van der Waals surface area contributed by atoms with Crippen molar-refractivity contribution in [3.63, 3.8) is 0 Å². The van der Waals surface area contributed by atoms with Gasteiger partial charge < -0.3 is 47.4 Å². The summed E-state index contributed by atoms with van der Waals surface area (Å²) in [6.45, 7) is 10.1. The maximum absolute atomic E-state index is 12.0. The van der Waals surface area contributed by atoms with Gasteiger partial charge >= 0.3 is 5.97 Å². The first-order valence-corrected chi connectivity index (χ1v) is 19.8. The predicted molar refractivity (Wildman–Crippen MR) is 191 cm³/mol. The lowest BCUT2D eigenvalue weighted by Gasteiger charge is -2.09. The van der Waals surface area contributed by atoms with Crippen LogP contribution in [0.2, 0.25) is 0 Å². The summed E-state index contributed by atoms with van der Waals surface area (Å²) in [4.78, 5) is 11.8. The fourth-order valence-electron chi connectivity index (χ4n) is 4.23. The first-order valence-electron chi connectivity index (χ1n) is 18.4. The van der Waals surface area contributed by atoms with Crippen LogP contribution in [0.4, 0.5) is 0 Å². The lowest BCUT2D eigenvalue weighted by Crippen LogP contribution is -2.16. The van der Waals surface area contributed by atoms with Crippen LogP contribution in [0.25, 0.3) is 0 Å². The number of rotatable bonds is 40. The van der Waals surface area contributed by atoms with Crippen molar-refractivity contribution in [1.29, 1.82) is 0 Å². The summed E-state index contributed by atoms with van der Waals surface area (Å²) in [6, 6.07) is 7.97. The fraction of sp³-hybridized carbons (Fsp3) is 0.806. The lowest BCUT2D eigenvalue weighted by atomic mass is 10.1. The standard InChI is InChI=1S/C36H64O14S/c1-2-3-4-5-6-7-11-14-36(37)49-33-31-47-29-27-45-25-23-43-21-19-41-17-15-40-16-18-42-20-22-44-24-26-46-28-30-48-32-34-50-51(38,39)35-12-9-8-10-13-35/h8-10,12-13H,2-7,11,14-34H2,1H3. The highest BCUT2D eigenvalue weighted by Crippen LogP contribution is 2.11. The van der Waals surface area contributed by atoms with Gasteiger partial charge in [0.25, 0.3) is 10.1 Å². The van der Waals surface area contributed by atoms with Gasteiger partial charge in [-0.3, -0.25) is 8.98 Å². The van der Waals surface area contributed by atoms with Gasteiger partial charge in [0.2, 0.25) is 0 Å². The maximum atomic E-state index is 12.0. The summed E-state index contributed by atoms with van der Waals surface area (Å²) in [5, 5.41) is 0. The molecule has 1 aromatic carbocycles. The Bertz CT molecular complexity index is 983. The minimum Gasteiger partial charge on any atom is -0.463 e. The smallest absolute Gasteiger partial charge is 0.305 e. The van der Waals surface area contributed by atoms with Crippen LogP contribution < -0.4 is 0 Å². The molecule has 0 bridgehead atoms. The number of hydrogen-bond donors (Lipinski definition) is 0. The van der Waals surface area contributed by atoms with Crippen LogP contribution >= 0.6 is 0 Å². The molecule has 298 valence electrons. The Morgan fingerprint density at radius 1 is 0.451 bits per heavy atom. The van der Waals surface area contributed by atoms with E-state index in [1.165, 1.54) is 44.2 Å². The maximum Gasteiger partial charge on any atom is 0.305 e. The molecular weight excluding hydrogens is 688 g/mol. The second-order valence-corrected chi connectivity index (χ2v) is 12.8. The molecule has 0 atom stereocenters. The van der Waals surface area contributed by atoms with Crippen LogP contribution in [0.1, 0.15) is 58.3 Å². The highest BCUT2D eigenvalue weighted by Gasteiger charge is 2.13. The van der Waals surface area contributed by atoms with Gasteiger partial charge in [-0.05, 0) is 18.6 Å². The van der Waals surface area contributed by atoms with E-state index in [9.17, 15) is 13.2 Å². The summed E-state index contributed by atoms with van der Waals surface area (Å²) in [7, 11) is -3.76. The van der Waals surface area contributed by atoms with Crippen molar-refractivity contribution < 1.29 is 64.8 Å². The minimum atomic E-state index is -3.76. The predicted octanol–water partition coefficient (Wildman–Crippen LogP) is 4.23. The topological polar surface area (TPSA) is 153 Å². The van der Waals surface area contributed by atoms with E-state index < -0.39 is 10.1 Å². The third-order valence-corrected chi connectivity index (χ3v) is 8.28. The molecule has 0 radical (unpaired) electrons. The summed E-state index contributed by atoms with van der Waals surface area (Å²) in [6.07, 6.45) is 8.74. The third-order valence-electron chi connectivity index (χ3n) is 6.95. The molecule has 0 saturated heterocycles. The molecule has 0 spiro atoms. The Morgan fingerprint density at radius 2 is 0.784 bits per heavy atom. The monoisotopic (exact) mass is 752 g/mol. The van der Waals surface area contributed by atoms with Crippen LogP contribution in [-0.2, 0) is 66.5 Å². The Morgan fingerprint density at radius 3 is 1.18 bits per heavy atom. The van der Waals surface area contributed by atoms with Gasteiger partial charge in [0.05, 0.1) is 130 Å². The van der Waals surface area contributed by atoms with Gasteiger partial charge in [-0.15, -0.1) is 0 Å². The average molecular weight is 753 g/mol. The molecule has 0 N–H and O–H groups in total. The van der Waals surface area contributed by atoms with Crippen molar-refractivity contribution in [2.75, 3.05) is 132 Å². The average Bonchev–Trinajstić information content (AvgIpc) is 3.13. The van der Waals surface area contributed by atoms with E-state index in [1.54, 1.807) is 18.2 Å². The molecule has 0 aliphatic carbocycles. The molecule has 0 fully saturated rings. The normalized spacial score (nSPS) is 11.7. The van der Waals surface area contributed by atoms with Gasteiger partial charge in [-0.1, -0.05) is 63.6 Å². The molecule has 15 heteroatoms. The minimum absolute atomic E-state index is 0.0613. The van der Waals surface area contributed by atoms with E-state index >= 15 is 0 Å². The SMILES string of the molecule is CCCCCCCCCC(=O)OCCOCCOCCOCCOCCOCCOCCOCCOCCOCCOS(=O)(=O)c1ccccc1. The van der Waals surface area contributed by atoms with Gasteiger partial charge in [-0.2, -0.15) is 8.42 Å². The number of hydrogen-bond acceptors (Lipinski definition) is 14. The lowest BCUT2D eigenvalue weighted by molar-refractivity contribution is -0.145. The van der Waals surface area contributed by atoms with Crippen LogP contribution in [0, 0.1) is 0 Å². The molecule has 0 aliphatic heterocycles. The highest BCUT2D eigenvalue weighted by molar-refractivity contribution is 7.86. The number of carbonyl (C=O) groups is 1. The van der Waals surface area contributed by atoms with E-state index in [0.29, 0.717) is 119 Å². The Hall–Kier alpha value is -1.76. The number of benzene rings is 1. The van der Waals surface area contributed by atoms with Crippen molar-refractivity contribution >= 4 is 16.1 Å². The Kier molecular flexibility index (Phi) is 33.9. The number of ether oxygens (including phenoxy) is 10. The van der Waals surface area contributed by atoms with Gasteiger partial charge in [0.15, 0.2) is 0 Å². The van der Waals surface area contributed by atoms with Crippen LogP contribution in [0.5, 0.6) is 0 Å². The van der Waals surface area contributed by atoms with Crippen molar-refractivity contribution in [1.82, 2.24) is 0 Å². The molecule has 0 aromatic heterocycles.